The molecule has 6 heteroatoms. The number of hydrogen-bond donors (Lipinski definition) is 1. The summed E-state index contributed by atoms with van der Waals surface area (Å²) in [6.07, 6.45) is -0.851. The predicted molar refractivity (Wildman–Crippen MR) is 88.0 cm³/mol. The highest BCUT2D eigenvalue weighted by atomic mass is 35.5. The van der Waals surface area contributed by atoms with Crippen molar-refractivity contribution in [2.45, 2.75) is 18.9 Å². The minimum atomic E-state index is -1.05. The number of carbonyl (C=O) groups is 1. The van der Waals surface area contributed by atoms with Crippen molar-refractivity contribution in [3.63, 3.8) is 0 Å². The molecule has 0 spiro atoms. The lowest BCUT2D eigenvalue weighted by atomic mass is 9.93. The first kappa shape index (κ1) is 17.1. The van der Waals surface area contributed by atoms with Crippen molar-refractivity contribution >= 4 is 29.0 Å². The highest BCUT2D eigenvalue weighted by molar-refractivity contribution is 6.35. The van der Waals surface area contributed by atoms with Gasteiger partial charge in [-0.2, -0.15) is 5.26 Å². The second-order valence-corrected chi connectivity index (χ2v) is 5.73. The first-order valence-corrected chi connectivity index (χ1v) is 7.52. The fraction of sp³-hybridized carbons (Fsp3) is 0.176. The number of nitrogens with zero attached hydrogens (tertiary/aromatic N) is 1. The molecule has 0 aromatic heterocycles. The monoisotopic (exact) mass is 349 g/mol. The van der Waals surface area contributed by atoms with Crippen molar-refractivity contribution in [2.75, 3.05) is 0 Å². The van der Waals surface area contributed by atoms with E-state index in [4.69, 9.17) is 27.9 Å². The largest absolute Gasteiger partial charge is 0.508 e. The smallest absolute Gasteiger partial charge is 0.194 e. The van der Waals surface area contributed by atoms with E-state index < -0.39 is 17.8 Å². The van der Waals surface area contributed by atoms with E-state index in [0.29, 0.717) is 16.3 Å². The fourth-order valence-corrected chi connectivity index (χ4v) is 2.56. The number of rotatable bonds is 5. The van der Waals surface area contributed by atoms with Crippen LogP contribution in [0.2, 0.25) is 10.0 Å². The van der Waals surface area contributed by atoms with E-state index in [1.165, 1.54) is 30.3 Å². The van der Waals surface area contributed by atoms with Crippen LogP contribution in [0.3, 0.4) is 0 Å². The second kappa shape index (κ2) is 7.36. The number of Topliss-reactive ketones (excluding diaryl/α,β-unsaturated/α-hetero) is 1. The van der Waals surface area contributed by atoms with Crippen LogP contribution in [0.15, 0.2) is 42.5 Å². The van der Waals surface area contributed by atoms with E-state index in [0.717, 1.165) is 0 Å². The molecule has 2 atom stereocenters. The molecule has 118 valence electrons. The molecule has 0 radical (unpaired) electrons. The summed E-state index contributed by atoms with van der Waals surface area (Å²) in [7, 11) is 0. The van der Waals surface area contributed by atoms with Crippen molar-refractivity contribution in [1.29, 1.82) is 5.26 Å². The highest BCUT2D eigenvalue weighted by Gasteiger charge is 2.28. The van der Waals surface area contributed by atoms with Crippen LogP contribution in [0.5, 0.6) is 11.5 Å². The molecule has 1 N–H and O–H groups in total. The summed E-state index contributed by atoms with van der Waals surface area (Å²) >= 11 is 11.9. The molecule has 23 heavy (non-hydrogen) atoms. The zero-order valence-corrected chi connectivity index (χ0v) is 13.7. The second-order valence-electron chi connectivity index (χ2n) is 4.88. The van der Waals surface area contributed by atoms with Gasteiger partial charge < -0.3 is 9.84 Å². The van der Waals surface area contributed by atoms with Gasteiger partial charge >= 0.3 is 0 Å². The van der Waals surface area contributed by atoms with Crippen molar-refractivity contribution in [3.05, 3.63) is 58.1 Å². The van der Waals surface area contributed by atoms with E-state index in [1.54, 1.807) is 19.1 Å². The van der Waals surface area contributed by atoms with E-state index in [1.807, 2.05) is 6.07 Å². The van der Waals surface area contributed by atoms with Gasteiger partial charge in [-0.25, -0.2) is 0 Å². The van der Waals surface area contributed by atoms with Gasteiger partial charge in [-0.05, 0) is 48.9 Å². The number of aromatic hydroxyl groups is 1. The Morgan fingerprint density at radius 2 is 1.87 bits per heavy atom. The van der Waals surface area contributed by atoms with Gasteiger partial charge in [0.15, 0.2) is 11.9 Å². The molecule has 0 bridgehead atoms. The lowest BCUT2D eigenvalue weighted by Crippen LogP contribution is -2.29. The summed E-state index contributed by atoms with van der Waals surface area (Å²) < 4.78 is 5.52. The molecule has 1 unspecified atom stereocenters. The number of hydrogen-bond acceptors (Lipinski definition) is 4. The molecular formula is C17H13Cl2NO3. The average Bonchev–Trinajstić information content (AvgIpc) is 2.52. The number of benzene rings is 2. The van der Waals surface area contributed by atoms with E-state index in [2.05, 4.69) is 0 Å². The molecule has 4 nitrogen and oxygen atoms in total. The Labute approximate surface area is 143 Å². The van der Waals surface area contributed by atoms with Crippen LogP contribution >= 0.6 is 23.2 Å². The first-order chi connectivity index (χ1) is 10.9. The molecule has 0 saturated carbocycles. The SMILES string of the molecule is C[C@@H](Oc1ccc(O)cc1)C(=O)C(C#N)c1ccc(Cl)cc1Cl. The van der Waals surface area contributed by atoms with Crippen molar-refractivity contribution in [2.24, 2.45) is 0 Å². The lowest BCUT2D eigenvalue weighted by Gasteiger charge is -2.17. The summed E-state index contributed by atoms with van der Waals surface area (Å²) in [5.41, 5.74) is 0.393. The zero-order chi connectivity index (χ0) is 17.0. The van der Waals surface area contributed by atoms with E-state index in [-0.39, 0.29) is 10.8 Å². The maximum Gasteiger partial charge on any atom is 0.194 e. The van der Waals surface area contributed by atoms with Crippen molar-refractivity contribution in [3.8, 4) is 17.6 Å². The molecule has 0 saturated heterocycles. The van der Waals surface area contributed by atoms with Gasteiger partial charge in [0.1, 0.15) is 17.4 Å². The van der Waals surface area contributed by atoms with Crippen LogP contribution in [-0.2, 0) is 4.79 Å². The maximum absolute atomic E-state index is 12.5. The number of carbonyl (C=O) groups excluding carboxylic acids is 1. The third kappa shape index (κ3) is 4.16. The number of phenolic OH excluding ortho intramolecular Hbond substituents is 1. The molecule has 0 heterocycles. The van der Waals surface area contributed by atoms with Gasteiger partial charge in [0.05, 0.1) is 6.07 Å². The number of ether oxygens (including phenoxy) is 1. The summed E-state index contributed by atoms with van der Waals surface area (Å²) in [5.74, 6) is -0.946. The number of halogens is 2. The van der Waals surface area contributed by atoms with E-state index in [9.17, 15) is 15.2 Å². The molecule has 0 aliphatic carbocycles. The Kier molecular flexibility index (Phi) is 5.49. The lowest BCUT2D eigenvalue weighted by molar-refractivity contribution is -0.125. The Hall–Kier alpha value is -2.22. The number of phenols is 1. The van der Waals surface area contributed by atoms with Gasteiger partial charge in [0, 0.05) is 10.0 Å². The van der Waals surface area contributed by atoms with Gasteiger partial charge in [-0.15, -0.1) is 0 Å². The summed E-state index contributed by atoms with van der Waals surface area (Å²) in [6, 6.07) is 12.6. The van der Waals surface area contributed by atoms with Gasteiger partial charge in [0.2, 0.25) is 0 Å². The van der Waals surface area contributed by atoms with Crippen molar-refractivity contribution < 1.29 is 14.6 Å². The van der Waals surface area contributed by atoms with Crippen LogP contribution in [0.4, 0.5) is 0 Å². The normalized spacial score (nSPS) is 13.0. The Morgan fingerprint density at radius 3 is 2.43 bits per heavy atom. The molecule has 2 aromatic rings. The Bertz CT molecular complexity index is 753. The van der Waals surface area contributed by atoms with Gasteiger partial charge in [-0.1, -0.05) is 29.3 Å². The third-order valence-electron chi connectivity index (χ3n) is 3.24. The molecule has 0 aliphatic rings. The standard InChI is InChI=1S/C17H13Cl2NO3/c1-10(23-13-5-3-12(21)4-6-13)17(22)15(9-20)14-7-2-11(18)8-16(14)19/h2-8,10,15,21H,1H3/t10-,15?/m1/s1. The number of ketones is 1. The summed E-state index contributed by atoms with van der Waals surface area (Å²) in [6.45, 7) is 1.56. The third-order valence-corrected chi connectivity index (χ3v) is 3.80. The van der Waals surface area contributed by atoms with Crippen LogP contribution in [-0.4, -0.2) is 17.0 Å². The number of nitriles is 1. The van der Waals surface area contributed by atoms with Crippen molar-refractivity contribution in [1.82, 2.24) is 0 Å². The minimum Gasteiger partial charge on any atom is -0.508 e. The Morgan fingerprint density at radius 1 is 1.22 bits per heavy atom. The minimum absolute atomic E-state index is 0.0965. The van der Waals surface area contributed by atoms with Gasteiger partial charge in [-0.3, -0.25) is 4.79 Å². The summed E-state index contributed by atoms with van der Waals surface area (Å²) in [5, 5.41) is 19.3. The zero-order valence-electron chi connectivity index (χ0n) is 12.2. The van der Waals surface area contributed by atoms with Gasteiger partial charge in [0.25, 0.3) is 0 Å². The fourth-order valence-electron chi connectivity index (χ4n) is 2.04. The quantitative estimate of drug-likeness (QED) is 0.871. The van der Waals surface area contributed by atoms with Crippen LogP contribution in [0, 0.1) is 11.3 Å². The average molecular weight is 350 g/mol. The predicted octanol–water partition coefficient (Wildman–Crippen LogP) is 4.34. The van der Waals surface area contributed by atoms with Crippen LogP contribution in [0.25, 0.3) is 0 Å². The highest BCUT2D eigenvalue weighted by Crippen LogP contribution is 2.29. The van der Waals surface area contributed by atoms with Crippen LogP contribution < -0.4 is 4.74 Å². The molecule has 0 aliphatic heterocycles. The Balaban J connectivity index is 2.19. The van der Waals surface area contributed by atoms with Crippen LogP contribution in [0.1, 0.15) is 18.4 Å². The molecule has 0 amide bonds. The molecule has 0 fully saturated rings. The summed E-state index contributed by atoms with van der Waals surface area (Å²) in [4.78, 5) is 12.5. The maximum atomic E-state index is 12.5. The molecular weight excluding hydrogens is 337 g/mol. The first-order valence-electron chi connectivity index (χ1n) is 6.76. The molecule has 2 rings (SSSR count). The topological polar surface area (TPSA) is 70.3 Å². The van der Waals surface area contributed by atoms with E-state index >= 15 is 0 Å². The molecule has 2 aromatic carbocycles.